The highest BCUT2D eigenvalue weighted by atomic mass is 19.4. The van der Waals surface area contributed by atoms with E-state index in [0.29, 0.717) is 6.26 Å². The summed E-state index contributed by atoms with van der Waals surface area (Å²) in [7, 11) is 1.10. The molecule has 22 heavy (non-hydrogen) atoms. The standard InChI is InChI=1S/C14H11F5O3/c1-21-11-5-3-2-4-10(11)12(20,9-6-7-22-8-9)13(15,16)14(17,18)19/h2-8,20H,1H3. The molecule has 0 aliphatic heterocycles. The molecule has 0 fully saturated rings. The van der Waals surface area contributed by atoms with Crippen LogP contribution in [0.15, 0.2) is 47.3 Å². The highest BCUT2D eigenvalue weighted by molar-refractivity contribution is 5.46. The van der Waals surface area contributed by atoms with Crippen molar-refractivity contribution in [2.45, 2.75) is 17.7 Å². The molecule has 1 aromatic heterocycles. The Bertz CT molecular complexity index is 636. The number of furan rings is 1. The molecule has 1 aromatic carbocycles. The number of ether oxygens (including phenoxy) is 1. The van der Waals surface area contributed by atoms with Crippen LogP contribution in [0.2, 0.25) is 0 Å². The van der Waals surface area contributed by atoms with Crippen LogP contribution >= 0.6 is 0 Å². The molecule has 1 N–H and O–H groups in total. The van der Waals surface area contributed by atoms with Gasteiger partial charge in [-0.05, 0) is 12.1 Å². The lowest BCUT2D eigenvalue weighted by Crippen LogP contribution is -2.55. The van der Waals surface area contributed by atoms with Gasteiger partial charge >= 0.3 is 12.1 Å². The largest absolute Gasteiger partial charge is 0.496 e. The van der Waals surface area contributed by atoms with E-state index in [2.05, 4.69) is 4.42 Å². The van der Waals surface area contributed by atoms with Gasteiger partial charge in [0.25, 0.3) is 0 Å². The fraction of sp³-hybridized carbons (Fsp3) is 0.286. The van der Waals surface area contributed by atoms with Crippen LogP contribution in [0.1, 0.15) is 11.1 Å². The van der Waals surface area contributed by atoms with Crippen LogP contribution in [-0.4, -0.2) is 24.3 Å². The van der Waals surface area contributed by atoms with E-state index in [-0.39, 0.29) is 5.75 Å². The number of hydrogen-bond donors (Lipinski definition) is 1. The van der Waals surface area contributed by atoms with E-state index < -0.39 is 28.8 Å². The smallest absolute Gasteiger partial charge is 0.457 e. The summed E-state index contributed by atoms with van der Waals surface area (Å²) in [4.78, 5) is 0. The van der Waals surface area contributed by atoms with Crippen LogP contribution in [-0.2, 0) is 5.60 Å². The van der Waals surface area contributed by atoms with Crippen LogP contribution in [0, 0.1) is 0 Å². The molecule has 1 atom stereocenters. The summed E-state index contributed by atoms with van der Waals surface area (Å²) < 4.78 is 76.1. The lowest BCUT2D eigenvalue weighted by Gasteiger charge is -2.37. The van der Waals surface area contributed by atoms with Gasteiger partial charge in [-0.3, -0.25) is 0 Å². The van der Waals surface area contributed by atoms with E-state index in [1.165, 1.54) is 18.2 Å². The monoisotopic (exact) mass is 322 g/mol. The van der Waals surface area contributed by atoms with Gasteiger partial charge in [-0.1, -0.05) is 18.2 Å². The van der Waals surface area contributed by atoms with Gasteiger partial charge in [0.05, 0.1) is 19.6 Å². The lowest BCUT2D eigenvalue weighted by atomic mass is 9.81. The number of rotatable bonds is 4. The minimum Gasteiger partial charge on any atom is -0.496 e. The van der Waals surface area contributed by atoms with E-state index in [1.807, 2.05) is 0 Å². The van der Waals surface area contributed by atoms with Gasteiger partial charge in [0.15, 0.2) is 5.60 Å². The fourth-order valence-electron chi connectivity index (χ4n) is 2.12. The summed E-state index contributed by atoms with van der Waals surface area (Å²) in [5.41, 5.74) is -5.15. The van der Waals surface area contributed by atoms with Crippen molar-refractivity contribution in [2.24, 2.45) is 0 Å². The Morgan fingerprint density at radius 2 is 1.68 bits per heavy atom. The van der Waals surface area contributed by atoms with Gasteiger partial charge in [-0.2, -0.15) is 22.0 Å². The predicted octanol–water partition coefficient (Wildman–Crippen LogP) is 3.72. The third-order valence-electron chi connectivity index (χ3n) is 3.25. The van der Waals surface area contributed by atoms with E-state index in [9.17, 15) is 27.1 Å². The summed E-state index contributed by atoms with van der Waals surface area (Å²) in [6.45, 7) is 0. The molecule has 0 bridgehead atoms. The Morgan fingerprint density at radius 3 is 2.18 bits per heavy atom. The number of para-hydroxylation sites is 1. The van der Waals surface area contributed by atoms with E-state index in [0.717, 1.165) is 25.5 Å². The molecule has 0 radical (unpaired) electrons. The number of benzene rings is 1. The summed E-state index contributed by atoms with van der Waals surface area (Å²) in [6, 6.07) is 5.55. The fourth-order valence-corrected chi connectivity index (χ4v) is 2.12. The maximum atomic E-state index is 14.1. The zero-order valence-corrected chi connectivity index (χ0v) is 11.2. The summed E-state index contributed by atoms with van der Waals surface area (Å²) >= 11 is 0. The summed E-state index contributed by atoms with van der Waals surface area (Å²) in [5, 5.41) is 10.4. The third-order valence-corrected chi connectivity index (χ3v) is 3.25. The number of halogens is 5. The molecular formula is C14H11F5O3. The number of aliphatic hydroxyl groups is 1. The van der Waals surface area contributed by atoms with Crippen LogP contribution in [0.25, 0.3) is 0 Å². The van der Waals surface area contributed by atoms with Gasteiger partial charge in [0, 0.05) is 11.1 Å². The minimum atomic E-state index is -5.99. The van der Waals surface area contributed by atoms with Gasteiger partial charge in [-0.25, -0.2) is 0 Å². The minimum absolute atomic E-state index is 0.310. The van der Waals surface area contributed by atoms with Crippen molar-refractivity contribution >= 4 is 0 Å². The normalized spacial score (nSPS) is 15.4. The first-order valence-corrected chi connectivity index (χ1v) is 5.99. The van der Waals surface area contributed by atoms with Crippen molar-refractivity contribution in [1.82, 2.24) is 0 Å². The second-order valence-electron chi connectivity index (χ2n) is 4.49. The first-order chi connectivity index (χ1) is 10.2. The molecule has 0 aliphatic rings. The topological polar surface area (TPSA) is 42.6 Å². The number of methoxy groups -OCH3 is 1. The zero-order valence-electron chi connectivity index (χ0n) is 11.2. The highest BCUT2D eigenvalue weighted by Gasteiger charge is 2.72. The maximum Gasteiger partial charge on any atom is 0.457 e. The van der Waals surface area contributed by atoms with Crippen LogP contribution in [0.3, 0.4) is 0 Å². The van der Waals surface area contributed by atoms with Gasteiger partial charge in [-0.15, -0.1) is 0 Å². The predicted molar refractivity (Wildman–Crippen MR) is 65.7 cm³/mol. The molecule has 1 unspecified atom stereocenters. The molecule has 120 valence electrons. The molecule has 0 saturated carbocycles. The SMILES string of the molecule is COc1ccccc1C(O)(c1ccoc1)C(F)(F)C(F)(F)F. The van der Waals surface area contributed by atoms with Crippen LogP contribution in [0.4, 0.5) is 22.0 Å². The molecule has 0 aliphatic carbocycles. The second-order valence-corrected chi connectivity index (χ2v) is 4.49. The van der Waals surface area contributed by atoms with Gasteiger partial charge < -0.3 is 14.3 Å². The summed E-state index contributed by atoms with van der Waals surface area (Å²) in [6.07, 6.45) is -4.46. The Hall–Kier alpha value is -2.09. The Labute approximate surface area is 121 Å². The lowest BCUT2D eigenvalue weighted by molar-refractivity contribution is -0.336. The van der Waals surface area contributed by atoms with E-state index in [1.54, 1.807) is 0 Å². The van der Waals surface area contributed by atoms with Crippen molar-refractivity contribution < 1.29 is 36.2 Å². The number of alkyl halides is 5. The van der Waals surface area contributed by atoms with Crippen molar-refractivity contribution in [2.75, 3.05) is 7.11 Å². The van der Waals surface area contributed by atoms with Crippen molar-refractivity contribution in [3.8, 4) is 5.75 Å². The van der Waals surface area contributed by atoms with E-state index >= 15 is 0 Å². The Morgan fingerprint density at radius 1 is 1.05 bits per heavy atom. The van der Waals surface area contributed by atoms with Crippen LogP contribution in [0.5, 0.6) is 5.75 Å². The van der Waals surface area contributed by atoms with Crippen molar-refractivity contribution in [3.05, 3.63) is 54.0 Å². The molecule has 0 amide bonds. The first-order valence-electron chi connectivity index (χ1n) is 5.99. The van der Waals surface area contributed by atoms with Crippen molar-refractivity contribution in [3.63, 3.8) is 0 Å². The average Bonchev–Trinajstić information content (AvgIpc) is 2.99. The van der Waals surface area contributed by atoms with Crippen molar-refractivity contribution in [1.29, 1.82) is 0 Å². The third kappa shape index (κ3) is 2.23. The maximum absolute atomic E-state index is 14.1. The Balaban J connectivity index is 2.78. The van der Waals surface area contributed by atoms with Gasteiger partial charge in [0.1, 0.15) is 5.75 Å². The molecule has 0 spiro atoms. The molecule has 1 heterocycles. The molecule has 8 heteroatoms. The Kier molecular flexibility index (Phi) is 3.90. The highest BCUT2D eigenvalue weighted by Crippen LogP contribution is 2.53. The molecule has 0 saturated heterocycles. The van der Waals surface area contributed by atoms with Gasteiger partial charge in [0.2, 0.25) is 0 Å². The van der Waals surface area contributed by atoms with E-state index in [4.69, 9.17) is 4.74 Å². The summed E-state index contributed by atoms with van der Waals surface area (Å²) in [5.74, 6) is -5.78. The molecule has 3 nitrogen and oxygen atoms in total. The molecule has 2 aromatic rings. The average molecular weight is 322 g/mol. The molecular weight excluding hydrogens is 311 g/mol. The van der Waals surface area contributed by atoms with Crippen LogP contribution < -0.4 is 4.74 Å². The number of hydrogen-bond acceptors (Lipinski definition) is 3. The zero-order chi connectivity index (χ0) is 16.6. The quantitative estimate of drug-likeness (QED) is 0.873. The molecule has 2 rings (SSSR count). The second kappa shape index (κ2) is 5.28. The first kappa shape index (κ1) is 16.3.